The van der Waals surface area contributed by atoms with E-state index in [2.05, 4.69) is 12.2 Å². The summed E-state index contributed by atoms with van der Waals surface area (Å²) < 4.78 is 0. The molecule has 0 radical (unpaired) electrons. The van der Waals surface area contributed by atoms with Gasteiger partial charge in [0.25, 0.3) is 0 Å². The second-order valence-corrected chi connectivity index (χ2v) is 4.25. The van der Waals surface area contributed by atoms with Crippen LogP contribution in [0, 0.1) is 11.8 Å². The molecule has 1 N–H and O–H groups in total. The predicted molar refractivity (Wildman–Crippen MR) is 51.3 cm³/mol. The third-order valence-electron chi connectivity index (χ3n) is 3.08. The predicted octanol–water partition coefficient (Wildman–Crippen LogP) is 0.464. The molecule has 2 fully saturated rings. The fourth-order valence-electron chi connectivity index (χ4n) is 1.97. The van der Waals surface area contributed by atoms with Crippen LogP contribution in [0.4, 0.5) is 0 Å². The van der Waals surface area contributed by atoms with Gasteiger partial charge in [0, 0.05) is 25.6 Å². The van der Waals surface area contributed by atoms with Gasteiger partial charge in [-0.15, -0.1) is 0 Å². The van der Waals surface area contributed by atoms with E-state index in [1.165, 1.54) is 0 Å². The second-order valence-electron chi connectivity index (χ2n) is 4.25. The first kappa shape index (κ1) is 9.00. The van der Waals surface area contributed by atoms with Crippen LogP contribution in [0.3, 0.4) is 0 Å². The van der Waals surface area contributed by atoms with E-state index in [1.807, 2.05) is 4.90 Å². The van der Waals surface area contributed by atoms with Gasteiger partial charge < -0.3 is 10.2 Å². The van der Waals surface area contributed by atoms with Gasteiger partial charge in [-0.3, -0.25) is 4.79 Å². The molecule has 0 bridgehead atoms. The van der Waals surface area contributed by atoms with Crippen molar-refractivity contribution in [2.75, 3.05) is 26.2 Å². The molecule has 3 heteroatoms. The van der Waals surface area contributed by atoms with Crippen LogP contribution in [0.25, 0.3) is 0 Å². The zero-order valence-corrected chi connectivity index (χ0v) is 8.25. The lowest BCUT2D eigenvalue weighted by molar-refractivity contribution is -0.132. The lowest BCUT2D eigenvalue weighted by Crippen LogP contribution is -2.35. The average Bonchev–Trinajstić information content (AvgIpc) is 2.86. The molecule has 1 saturated carbocycles. The molecule has 0 aromatic heterocycles. The topological polar surface area (TPSA) is 32.3 Å². The molecule has 1 aliphatic heterocycles. The third-order valence-corrected chi connectivity index (χ3v) is 3.08. The number of rotatable bonds is 1. The van der Waals surface area contributed by atoms with E-state index < -0.39 is 0 Å². The summed E-state index contributed by atoms with van der Waals surface area (Å²) in [7, 11) is 0. The van der Waals surface area contributed by atoms with Crippen molar-refractivity contribution in [1.82, 2.24) is 10.2 Å². The van der Waals surface area contributed by atoms with Gasteiger partial charge in [0.2, 0.25) is 5.91 Å². The van der Waals surface area contributed by atoms with Gasteiger partial charge in [0.1, 0.15) is 0 Å². The van der Waals surface area contributed by atoms with E-state index >= 15 is 0 Å². The highest BCUT2D eigenvalue weighted by Crippen LogP contribution is 2.39. The average molecular weight is 182 g/mol. The maximum absolute atomic E-state index is 11.8. The number of hydrogen-bond acceptors (Lipinski definition) is 2. The number of carbonyl (C=O) groups is 1. The van der Waals surface area contributed by atoms with Crippen LogP contribution < -0.4 is 5.32 Å². The molecule has 2 rings (SSSR count). The van der Waals surface area contributed by atoms with E-state index in [0.717, 1.165) is 39.0 Å². The standard InChI is InChI=1S/C10H18N2O/c1-8-7-9(8)10(13)12-5-2-3-11-4-6-12/h8-9,11H,2-7H2,1H3. The highest BCUT2D eigenvalue weighted by molar-refractivity contribution is 5.81. The molecule has 1 aliphatic carbocycles. The molecule has 0 spiro atoms. The van der Waals surface area contributed by atoms with Crippen molar-refractivity contribution in [2.45, 2.75) is 19.8 Å². The maximum Gasteiger partial charge on any atom is 0.226 e. The molecule has 3 nitrogen and oxygen atoms in total. The van der Waals surface area contributed by atoms with Crippen molar-refractivity contribution in [3.05, 3.63) is 0 Å². The minimum atomic E-state index is 0.359. The number of nitrogens with one attached hydrogen (secondary N) is 1. The number of amides is 1. The summed E-state index contributed by atoms with van der Waals surface area (Å²) in [6.45, 7) is 6.05. The number of nitrogens with zero attached hydrogens (tertiary/aromatic N) is 1. The van der Waals surface area contributed by atoms with Crippen molar-refractivity contribution in [3.8, 4) is 0 Å². The first-order valence-electron chi connectivity index (χ1n) is 5.28. The summed E-state index contributed by atoms with van der Waals surface area (Å²) in [5, 5.41) is 3.31. The fourth-order valence-corrected chi connectivity index (χ4v) is 1.97. The largest absolute Gasteiger partial charge is 0.341 e. The zero-order valence-electron chi connectivity index (χ0n) is 8.25. The quantitative estimate of drug-likeness (QED) is 0.639. The van der Waals surface area contributed by atoms with E-state index in [-0.39, 0.29) is 0 Å². The van der Waals surface area contributed by atoms with Crippen LogP contribution in [-0.4, -0.2) is 37.0 Å². The summed E-state index contributed by atoms with van der Waals surface area (Å²) in [4.78, 5) is 13.9. The Kier molecular flexibility index (Phi) is 2.54. The molecule has 1 heterocycles. The Bertz CT molecular complexity index is 197. The minimum absolute atomic E-state index is 0.359. The van der Waals surface area contributed by atoms with Gasteiger partial charge in [-0.25, -0.2) is 0 Å². The van der Waals surface area contributed by atoms with Crippen LogP contribution in [0.5, 0.6) is 0 Å². The Morgan fingerprint density at radius 3 is 2.85 bits per heavy atom. The third kappa shape index (κ3) is 2.02. The van der Waals surface area contributed by atoms with Gasteiger partial charge >= 0.3 is 0 Å². The van der Waals surface area contributed by atoms with Crippen LogP contribution in [-0.2, 0) is 4.79 Å². The lowest BCUT2D eigenvalue weighted by Gasteiger charge is -2.19. The number of carbonyl (C=O) groups excluding carboxylic acids is 1. The fraction of sp³-hybridized carbons (Fsp3) is 0.900. The molecule has 0 aromatic rings. The molecule has 1 saturated heterocycles. The monoisotopic (exact) mass is 182 g/mol. The molecule has 2 atom stereocenters. The first-order valence-corrected chi connectivity index (χ1v) is 5.28. The van der Waals surface area contributed by atoms with E-state index in [4.69, 9.17) is 0 Å². The molecule has 0 aromatic carbocycles. The Hall–Kier alpha value is -0.570. The van der Waals surface area contributed by atoms with E-state index in [9.17, 15) is 4.79 Å². The van der Waals surface area contributed by atoms with Gasteiger partial charge in [-0.05, 0) is 25.3 Å². The number of hydrogen-bond donors (Lipinski definition) is 1. The highest BCUT2D eigenvalue weighted by atomic mass is 16.2. The summed E-state index contributed by atoms with van der Waals surface area (Å²) >= 11 is 0. The summed E-state index contributed by atoms with van der Waals surface area (Å²) in [6, 6.07) is 0. The normalized spacial score (nSPS) is 34.1. The van der Waals surface area contributed by atoms with Gasteiger partial charge in [0.15, 0.2) is 0 Å². The van der Waals surface area contributed by atoms with Gasteiger partial charge in [-0.2, -0.15) is 0 Å². The Morgan fingerprint density at radius 2 is 2.15 bits per heavy atom. The van der Waals surface area contributed by atoms with Crippen molar-refractivity contribution >= 4 is 5.91 Å². The first-order chi connectivity index (χ1) is 6.29. The smallest absolute Gasteiger partial charge is 0.226 e. The second kappa shape index (κ2) is 3.66. The molecule has 2 aliphatic rings. The van der Waals surface area contributed by atoms with Crippen LogP contribution in [0.1, 0.15) is 19.8 Å². The maximum atomic E-state index is 11.8. The SMILES string of the molecule is CC1CC1C(=O)N1CCCNCC1. The van der Waals surface area contributed by atoms with Crippen molar-refractivity contribution < 1.29 is 4.79 Å². The molecule has 1 amide bonds. The highest BCUT2D eigenvalue weighted by Gasteiger charge is 2.41. The van der Waals surface area contributed by atoms with Gasteiger partial charge in [-0.1, -0.05) is 6.92 Å². The van der Waals surface area contributed by atoms with Crippen LogP contribution >= 0.6 is 0 Å². The molecule has 2 unspecified atom stereocenters. The summed E-state index contributed by atoms with van der Waals surface area (Å²) in [5.74, 6) is 1.40. The summed E-state index contributed by atoms with van der Waals surface area (Å²) in [5.41, 5.74) is 0. The van der Waals surface area contributed by atoms with Crippen molar-refractivity contribution in [3.63, 3.8) is 0 Å². The van der Waals surface area contributed by atoms with Crippen LogP contribution in [0.15, 0.2) is 0 Å². The molecular weight excluding hydrogens is 164 g/mol. The lowest BCUT2D eigenvalue weighted by atomic mass is 10.3. The van der Waals surface area contributed by atoms with Crippen molar-refractivity contribution in [2.24, 2.45) is 11.8 Å². The van der Waals surface area contributed by atoms with Gasteiger partial charge in [0.05, 0.1) is 0 Å². The molecule has 74 valence electrons. The molecular formula is C10H18N2O. The van der Waals surface area contributed by atoms with Crippen LogP contribution in [0.2, 0.25) is 0 Å². The Labute approximate surface area is 79.5 Å². The minimum Gasteiger partial charge on any atom is -0.341 e. The Morgan fingerprint density at radius 1 is 1.38 bits per heavy atom. The van der Waals surface area contributed by atoms with E-state index in [1.54, 1.807) is 0 Å². The Balaban J connectivity index is 1.87. The summed E-state index contributed by atoms with van der Waals surface area (Å²) in [6.07, 6.45) is 2.22. The van der Waals surface area contributed by atoms with Crippen molar-refractivity contribution in [1.29, 1.82) is 0 Å². The zero-order chi connectivity index (χ0) is 9.26. The van der Waals surface area contributed by atoms with E-state index in [0.29, 0.717) is 17.7 Å². The molecule has 13 heavy (non-hydrogen) atoms.